The topological polar surface area (TPSA) is 59.8 Å². The molecule has 1 N–H and O–H groups in total. The predicted molar refractivity (Wildman–Crippen MR) is 132 cm³/mol. The van der Waals surface area contributed by atoms with Crippen molar-refractivity contribution < 1.29 is 4.79 Å². The van der Waals surface area contributed by atoms with Crippen LogP contribution in [-0.2, 0) is 4.79 Å². The van der Waals surface area contributed by atoms with Gasteiger partial charge in [-0.15, -0.1) is 10.2 Å². The molecule has 1 aromatic heterocycles. The molecule has 0 spiro atoms. The molecule has 0 aliphatic carbocycles. The molecule has 5 nitrogen and oxygen atoms in total. The molecule has 162 valence electrons. The number of anilines is 1. The number of aromatic nitrogens is 3. The maximum atomic E-state index is 12.6. The number of benzene rings is 3. The van der Waals surface area contributed by atoms with Crippen LogP contribution in [0, 0.1) is 13.8 Å². The van der Waals surface area contributed by atoms with Gasteiger partial charge in [-0.3, -0.25) is 9.36 Å². The predicted octanol–water partition coefficient (Wildman–Crippen LogP) is 6.59. The quantitative estimate of drug-likeness (QED) is 0.315. The van der Waals surface area contributed by atoms with Crippen LogP contribution in [0.1, 0.15) is 11.1 Å². The van der Waals surface area contributed by atoms with E-state index in [1.165, 1.54) is 11.8 Å². The monoisotopic (exact) mass is 482 g/mol. The minimum atomic E-state index is -0.146. The zero-order valence-corrected chi connectivity index (χ0v) is 19.8. The van der Waals surface area contributed by atoms with E-state index < -0.39 is 0 Å². The first-order valence-corrected chi connectivity index (χ1v) is 11.6. The molecule has 0 saturated carbocycles. The number of hydrogen-bond donors (Lipinski definition) is 1. The molecule has 0 bridgehead atoms. The summed E-state index contributed by atoms with van der Waals surface area (Å²) in [7, 11) is 0. The molecule has 32 heavy (non-hydrogen) atoms. The van der Waals surface area contributed by atoms with Gasteiger partial charge in [0.05, 0.1) is 5.75 Å². The minimum Gasteiger partial charge on any atom is -0.325 e. The normalized spacial score (nSPS) is 10.9. The molecule has 1 heterocycles. The smallest absolute Gasteiger partial charge is 0.234 e. The minimum absolute atomic E-state index is 0.146. The van der Waals surface area contributed by atoms with Gasteiger partial charge in [-0.25, -0.2) is 0 Å². The van der Waals surface area contributed by atoms with E-state index in [9.17, 15) is 4.79 Å². The van der Waals surface area contributed by atoms with Gasteiger partial charge >= 0.3 is 0 Å². The summed E-state index contributed by atoms with van der Waals surface area (Å²) >= 11 is 13.5. The molecule has 3 aromatic carbocycles. The Balaban J connectivity index is 1.60. The van der Waals surface area contributed by atoms with Crippen LogP contribution in [0.5, 0.6) is 0 Å². The number of amides is 1. The van der Waals surface area contributed by atoms with Crippen molar-refractivity contribution in [3.8, 4) is 17.1 Å². The number of nitrogens with zero attached hydrogens (tertiary/aromatic N) is 3. The Bertz CT molecular complexity index is 1250. The van der Waals surface area contributed by atoms with Crippen molar-refractivity contribution in [3.63, 3.8) is 0 Å². The van der Waals surface area contributed by atoms with Crippen LogP contribution < -0.4 is 5.32 Å². The molecule has 1 amide bonds. The number of halogens is 2. The largest absolute Gasteiger partial charge is 0.325 e. The Labute approximate surface area is 200 Å². The molecule has 0 aliphatic rings. The highest BCUT2D eigenvalue weighted by molar-refractivity contribution is 7.99. The Kier molecular flexibility index (Phi) is 6.84. The SMILES string of the molecule is Cc1ccc(-n2c(SCC(=O)Nc3cccc(Cl)c3C)nnc2-c2ccc(Cl)cc2)cc1. The first-order valence-electron chi connectivity index (χ1n) is 9.88. The van der Waals surface area contributed by atoms with Crippen molar-refractivity contribution in [2.75, 3.05) is 11.1 Å². The van der Waals surface area contributed by atoms with Crippen molar-refractivity contribution in [1.82, 2.24) is 14.8 Å². The van der Waals surface area contributed by atoms with Gasteiger partial charge < -0.3 is 5.32 Å². The van der Waals surface area contributed by atoms with Crippen LogP contribution >= 0.6 is 35.0 Å². The first kappa shape index (κ1) is 22.4. The van der Waals surface area contributed by atoms with Crippen LogP contribution in [0.15, 0.2) is 71.9 Å². The van der Waals surface area contributed by atoms with Crippen LogP contribution in [0.4, 0.5) is 5.69 Å². The van der Waals surface area contributed by atoms with E-state index in [1.807, 2.05) is 79.1 Å². The third kappa shape index (κ3) is 4.99. The van der Waals surface area contributed by atoms with Crippen molar-refractivity contribution in [2.45, 2.75) is 19.0 Å². The van der Waals surface area contributed by atoms with Gasteiger partial charge in [0, 0.05) is 27.0 Å². The van der Waals surface area contributed by atoms with Gasteiger partial charge in [0.2, 0.25) is 5.91 Å². The Morgan fingerprint density at radius 3 is 2.41 bits per heavy atom. The summed E-state index contributed by atoms with van der Waals surface area (Å²) in [5.41, 5.74) is 4.48. The molecule has 0 aliphatic heterocycles. The highest BCUT2D eigenvalue weighted by Gasteiger charge is 2.18. The second kappa shape index (κ2) is 9.77. The number of nitrogens with one attached hydrogen (secondary N) is 1. The highest BCUT2D eigenvalue weighted by Crippen LogP contribution is 2.29. The van der Waals surface area contributed by atoms with Crippen molar-refractivity contribution in [3.05, 3.63) is 87.9 Å². The third-order valence-electron chi connectivity index (χ3n) is 4.90. The fourth-order valence-electron chi connectivity index (χ4n) is 3.14. The summed E-state index contributed by atoms with van der Waals surface area (Å²) in [6.45, 7) is 3.91. The number of carbonyl (C=O) groups excluding carboxylic acids is 1. The van der Waals surface area contributed by atoms with Gasteiger partial charge in [-0.2, -0.15) is 0 Å². The first-order chi connectivity index (χ1) is 15.4. The molecule has 0 fully saturated rings. The lowest BCUT2D eigenvalue weighted by Gasteiger charge is -2.12. The van der Waals surface area contributed by atoms with Crippen molar-refractivity contribution >= 4 is 46.6 Å². The second-order valence-electron chi connectivity index (χ2n) is 7.23. The van der Waals surface area contributed by atoms with Crippen LogP contribution in [-0.4, -0.2) is 26.4 Å². The lowest BCUT2D eigenvalue weighted by molar-refractivity contribution is -0.113. The number of aryl methyl sites for hydroxylation is 1. The van der Waals surface area contributed by atoms with Gasteiger partial charge in [0.25, 0.3) is 0 Å². The molecule has 0 atom stereocenters. The van der Waals surface area contributed by atoms with E-state index in [1.54, 1.807) is 6.07 Å². The Morgan fingerprint density at radius 1 is 0.969 bits per heavy atom. The fraction of sp³-hybridized carbons (Fsp3) is 0.125. The summed E-state index contributed by atoms with van der Waals surface area (Å²) in [4.78, 5) is 12.6. The molecule has 4 aromatic rings. The number of thioether (sulfide) groups is 1. The van der Waals surface area contributed by atoms with Crippen molar-refractivity contribution in [1.29, 1.82) is 0 Å². The second-order valence-corrected chi connectivity index (χ2v) is 9.02. The maximum absolute atomic E-state index is 12.6. The highest BCUT2D eigenvalue weighted by atomic mass is 35.5. The molecular formula is C24H20Cl2N4OS. The third-order valence-corrected chi connectivity index (χ3v) is 6.49. The average Bonchev–Trinajstić information content (AvgIpc) is 3.20. The van der Waals surface area contributed by atoms with Gasteiger partial charge in [0.15, 0.2) is 11.0 Å². The fourth-order valence-corrected chi connectivity index (χ4v) is 4.19. The molecule has 0 saturated heterocycles. The molecule has 0 radical (unpaired) electrons. The van der Waals surface area contributed by atoms with Gasteiger partial charge in [-0.05, 0) is 67.9 Å². The summed E-state index contributed by atoms with van der Waals surface area (Å²) < 4.78 is 1.95. The number of carbonyl (C=O) groups is 1. The van der Waals surface area contributed by atoms with Gasteiger partial charge in [-0.1, -0.05) is 58.7 Å². The van der Waals surface area contributed by atoms with E-state index >= 15 is 0 Å². The van der Waals surface area contributed by atoms with E-state index in [0.717, 1.165) is 22.4 Å². The molecule has 4 rings (SSSR count). The van der Waals surface area contributed by atoms with Crippen LogP contribution in [0.25, 0.3) is 17.1 Å². The summed E-state index contributed by atoms with van der Waals surface area (Å²) in [6, 6.07) is 21.0. The van der Waals surface area contributed by atoms with Crippen LogP contribution in [0.2, 0.25) is 10.0 Å². The summed E-state index contributed by atoms with van der Waals surface area (Å²) in [5.74, 6) is 0.710. The average molecular weight is 483 g/mol. The van der Waals surface area contributed by atoms with E-state index in [0.29, 0.717) is 26.7 Å². The lowest BCUT2D eigenvalue weighted by Crippen LogP contribution is -2.15. The Hall–Kier alpha value is -2.80. The Morgan fingerprint density at radius 2 is 1.69 bits per heavy atom. The lowest BCUT2D eigenvalue weighted by atomic mass is 10.2. The number of hydrogen-bond acceptors (Lipinski definition) is 4. The molecule has 8 heteroatoms. The van der Waals surface area contributed by atoms with E-state index in [-0.39, 0.29) is 11.7 Å². The summed E-state index contributed by atoms with van der Waals surface area (Å²) in [5, 5.41) is 13.6. The summed E-state index contributed by atoms with van der Waals surface area (Å²) in [6.07, 6.45) is 0. The van der Waals surface area contributed by atoms with E-state index in [2.05, 4.69) is 15.5 Å². The number of rotatable bonds is 6. The molecular weight excluding hydrogens is 463 g/mol. The van der Waals surface area contributed by atoms with E-state index in [4.69, 9.17) is 23.2 Å². The van der Waals surface area contributed by atoms with Gasteiger partial charge in [0.1, 0.15) is 0 Å². The standard InChI is InChI=1S/C24H20Cl2N4OS/c1-15-6-12-19(13-7-15)30-23(17-8-10-18(25)11-9-17)28-29-24(30)32-14-22(31)27-21-5-3-4-20(26)16(21)2/h3-13H,14H2,1-2H3,(H,27,31). The zero-order valence-electron chi connectivity index (χ0n) is 17.5. The molecule has 0 unspecified atom stereocenters. The van der Waals surface area contributed by atoms with Crippen LogP contribution in [0.3, 0.4) is 0 Å². The zero-order chi connectivity index (χ0) is 22.7. The van der Waals surface area contributed by atoms with Crippen molar-refractivity contribution in [2.24, 2.45) is 0 Å². The maximum Gasteiger partial charge on any atom is 0.234 e.